The van der Waals surface area contributed by atoms with Crippen molar-refractivity contribution < 1.29 is 13.8 Å². The van der Waals surface area contributed by atoms with Crippen LogP contribution >= 0.6 is 11.3 Å². The van der Waals surface area contributed by atoms with Crippen LogP contribution in [0.1, 0.15) is 30.3 Å². The van der Waals surface area contributed by atoms with E-state index in [0.717, 1.165) is 29.9 Å². The zero-order valence-electron chi connectivity index (χ0n) is 15.7. The molecule has 5 heteroatoms. The number of benzene rings is 1. The third-order valence-corrected chi connectivity index (χ3v) is 6.81. The second-order valence-electron chi connectivity index (χ2n) is 7.51. The predicted octanol–water partition coefficient (Wildman–Crippen LogP) is 2.63. The topological polar surface area (TPSA) is 17.3 Å². The van der Waals surface area contributed by atoms with Crippen LogP contribution in [-0.2, 0) is 6.42 Å². The van der Waals surface area contributed by atoms with Gasteiger partial charge in [-0.15, -0.1) is 11.3 Å². The number of fused-ring (bicyclic) bond motifs is 1. The van der Waals surface area contributed by atoms with E-state index in [2.05, 4.69) is 37.0 Å². The molecule has 2 aromatic rings. The van der Waals surface area contributed by atoms with E-state index in [1.807, 2.05) is 0 Å². The lowest BCUT2D eigenvalue weighted by molar-refractivity contribution is -1.02. The van der Waals surface area contributed by atoms with Gasteiger partial charge in [0, 0.05) is 12.8 Å². The van der Waals surface area contributed by atoms with Gasteiger partial charge in [-0.3, -0.25) is 4.39 Å². The number of hydrogen-bond donors (Lipinski definition) is 1. The molecule has 0 saturated carbocycles. The zero-order valence-corrected chi connectivity index (χ0v) is 16.5. The van der Waals surface area contributed by atoms with Crippen LogP contribution in [-0.4, -0.2) is 62.0 Å². The van der Waals surface area contributed by atoms with Crippen molar-refractivity contribution in [2.45, 2.75) is 33.1 Å². The SMILES string of the molecule is CC[N+]1(CCCc2ccc3nc(C)sc3c2)CC[NH+](CCCF)CC1. The highest BCUT2D eigenvalue weighted by atomic mass is 32.1. The third-order valence-electron chi connectivity index (χ3n) is 5.87. The molecule has 1 aliphatic heterocycles. The van der Waals surface area contributed by atoms with Crippen molar-refractivity contribution in [3.05, 3.63) is 28.8 Å². The minimum absolute atomic E-state index is 0.166. The number of thiazole rings is 1. The van der Waals surface area contributed by atoms with E-state index < -0.39 is 0 Å². The molecule has 138 valence electrons. The smallest absolute Gasteiger partial charge is 0.129 e. The largest absolute Gasteiger partial charge is 0.326 e. The van der Waals surface area contributed by atoms with Crippen LogP contribution in [0.25, 0.3) is 10.2 Å². The van der Waals surface area contributed by atoms with E-state index in [1.54, 1.807) is 16.2 Å². The molecule has 0 unspecified atom stereocenters. The van der Waals surface area contributed by atoms with Gasteiger partial charge in [0.05, 0.1) is 41.5 Å². The Kier molecular flexibility index (Phi) is 6.42. The molecule has 3 nitrogen and oxygen atoms in total. The third kappa shape index (κ3) is 4.78. The van der Waals surface area contributed by atoms with Crippen LogP contribution in [0.2, 0.25) is 0 Å². The van der Waals surface area contributed by atoms with Crippen molar-refractivity contribution in [3.63, 3.8) is 0 Å². The van der Waals surface area contributed by atoms with Crippen molar-refractivity contribution in [2.24, 2.45) is 0 Å². The van der Waals surface area contributed by atoms with Crippen LogP contribution in [0, 0.1) is 6.92 Å². The van der Waals surface area contributed by atoms with Crippen molar-refractivity contribution in [2.75, 3.05) is 52.5 Å². The summed E-state index contributed by atoms with van der Waals surface area (Å²) in [7, 11) is 0. The highest BCUT2D eigenvalue weighted by Gasteiger charge is 2.32. The summed E-state index contributed by atoms with van der Waals surface area (Å²) in [6.07, 6.45) is 3.13. The number of nitrogens with zero attached hydrogens (tertiary/aromatic N) is 2. The Labute approximate surface area is 155 Å². The van der Waals surface area contributed by atoms with Gasteiger partial charge >= 0.3 is 0 Å². The first kappa shape index (κ1) is 18.7. The van der Waals surface area contributed by atoms with E-state index in [0.29, 0.717) is 0 Å². The molecular formula is C20H32FN3S+2. The maximum atomic E-state index is 12.4. The van der Waals surface area contributed by atoms with Gasteiger partial charge in [0.1, 0.15) is 26.2 Å². The molecule has 1 fully saturated rings. The van der Waals surface area contributed by atoms with Crippen molar-refractivity contribution >= 4 is 21.6 Å². The number of rotatable bonds is 8. The average Bonchev–Trinajstić information content (AvgIpc) is 3.00. The molecule has 0 radical (unpaired) electrons. The van der Waals surface area contributed by atoms with E-state index in [9.17, 15) is 4.39 Å². The van der Waals surface area contributed by atoms with Gasteiger partial charge in [-0.05, 0) is 38.0 Å². The second-order valence-corrected chi connectivity index (χ2v) is 8.74. The predicted molar refractivity (Wildman–Crippen MR) is 104 cm³/mol. The second kappa shape index (κ2) is 8.56. The van der Waals surface area contributed by atoms with Crippen LogP contribution in [0.4, 0.5) is 4.39 Å². The summed E-state index contributed by atoms with van der Waals surface area (Å²) in [6.45, 7) is 12.7. The molecule has 0 atom stereocenters. The highest BCUT2D eigenvalue weighted by molar-refractivity contribution is 7.18. The average molecular weight is 366 g/mol. The maximum Gasteiger partial charge on any atom is 0.129 e. The van der Waals surface area contributed by atoms with Crippen LogP contribution in [0.3, 0.4) is 0 Å². The van der Waals surface area contributed by atoms with Gasteiger partial charge in [0.2, 0.25) is 0 Å². The first-order valence-electron chi connectivity index (χ1n) is 9.75. The standard InChI is InChI=1S/C20H31FN3S/c1-3-24(14-11-23(12-15-24)10-5-9-21)13-4-6-18-7-8-19-20(16-18)25-17(2)22-19/h7-8,16H,3-6,9-15H2,1-2H3/q+1/p+1. The Hall–Kier alpha value is -1.04. The lowest BCUT2D eigenvalue weighted by Crippen LogP contribution is -3.15. The van der Waals surface area contributed by atoms with E-state index >= 15 is 0 Å². The molecule has 0 aliphatic carbocycles. The summed E-state index contributed by atoms with van der Waals surface area (Å²) >= 11 is 1.79. The van der Waals surface area contributed by atoms with Gasteiger partial charge in [-0.2, -0.15) is 0 Å². The lowest BCUT2D eigenvalue weighted by atomic mass is 10.1. The number of piperazine rings is 1. The Morgan fingerprint density at radius 2 is 2.04 bits per heavy atom. The fourth-order valence-electron chi connectivity index (χ4n) is 4.15. The van der Waals surface area contributed by atoms with Gasteiger partial charge in [0.25, 0.3) is 0 Å². The normalized spacial score (nSPS) is 24.0. The van der Waals surface area contributed by atoms with E-state index in [1.165, 1.54) is 60.4 Å². The minimum atomic E-state index is -0.166. The van der Waals surface area contributed by atoms with Gasteiger partial charge in [-0.25, -0.2) is 4.98 Å². The summed E-state index contributed by atoms with van der Waals surface area (Å²) in [4.78, 5) is 6.15. The Morgan fingerprint density at radius 3 is 2.76 bits per heavy atom. The molecular weight excluding hydrogens is 333 g/mol. The molecule has 1 aromatic carbocycles. The van der Waals surface area contributed by atoms with Crippen molar-refractivity contribution in [1.82, 2.24) is 4.98 Å². The first-order chi connectivity index (χ1) is 12.1. The summed E-state index contributed by atoms with van der Waals surface area (Å²) in [5.74, 6) is 0. The van der Waals surface area contributed by atoms with Crippen molar-refractivity contribution in [3.8, 4) is 0 Å². The van der Waals surface area contributed by atoms with E-state index in [-0.39, 0.29) is 6.67 Å². The van der Waals surface area contributed by atoms with Gasteiger partial charge in [-0.1, -0.05) is 6.07 Å². The number of halogens is 1. The van der Waals surface area contributed by atoms with E-state index in [4.69, 9.17) is 0 Å². The number of nitrogens with one attached hydrogen (secondary N) is 1. The maximum absolute atomic E-state index is 12.4. The molecule has 2 heterocycles. The molecule has 1 aliphatic rings. The molecule has 3 rings (SSSR count). The molecule has 1 saturated heterocycles. The number of likely N-dealkylation sites (N-methyl/N-ethyl adjacent to an activating group) is 1. The molecule has 0 amide bonds. The number of hydrogen-bond acceptors (Lipinski definition) is 2. The lowest BCUT2D eigenvalue weighted by Gasteiger charge is -2.42. The monoisotopic (exact) mass is 365 g/mol. The first-order valence-corrected chi connectivity index (χ1v) is 10.6. The molecule has 1 N–H and O–H groups in total. The summed E-state index contributed by atoms with van der Waals surface area (Å²) in [6, 6.07) is 6.75. The van der Waals surface area contributed by atoms with Gasteiger partial charge in [0.15, 0.2) is 0 Å². The zero-order chi connectivity index (χ0) is 17.7. The summed E-state index contributed by atoms with van der Waals surface area (Å²) in [5, 5.41) is 1.15. The Balaban J connectivity index is 1.50. The quantitative estimate of drug-likeness (QED) is 0.712. The molecule has 25 heavy (non-hydrogen) atoms. The van der Waals surface area contributed by atoms with Gasteiger partial charge < -0.3 is 9.38 Å². The molecule has 0 bridgehead atoms. The fourth-order valence-corrected chi connectivity index (χ4v) is 5.04. The molecule has 0 spiro atoms. The van der Waals surface area contributed by atoms with Crippen LogP contribution < -0.4 is 4.90 Å². The highest BCUT2D eigenvalue weighted by Crippen LogP contribution is 2.23. The Morgan fingerprint density at radius 1 is 1.24 bits per heavy atom. The Bertz CT molecular complexity index is 677. The fraction of sp³-hybridized carbons (Fsp3) is 0.650. The van der Waals surface area contributed by atoms with Crippen LogP contribution in [0.15, 0.2) is 18.2 Å². The summed E-state index contributed by atoms with van der Waals surface area (Å²) in [5.41, 5.74) is 2.58. The summed E-state index contributed by atoms with van der Waals surface area (Å²) < 4.78 is 14.9. The molecule has 1 aromatic heterocycles. The van der Waals surface area contributed by atoms with Crippen molar-refractivity contribution in [1.29, 1.82) is 0 Å². The number of alkyl halides is 1. The number of aryl methyl sites for hydroxylation is 2. The number of aromatic nitrogens is 1. The van der Waals surface area contributed by atoms with Crippen LogP contribution in [0.5, 0.6) is 0 Å². The minimum Gasteiger partial charge on any atom is -0.326 e. The number of quaternary nitrogens is 2.